The molecule has 1 aromatic rings. The fourth-order valence-electron chi connectivity index (χ4n) is 3.42. The molecule has 9 nitrogen and oxygen atoms in total. The predicted octanol–water partition coefficient (Wildman–Crippen LogP) is 2.56. The largest absolute Gasteiger partial charge is 0.382 e. The number of hydrogen-bond acceptors (Lipinski definition) is 5. The molecule has 1 aliphatic rings. The molecule has 0 spiro atoms. The smallest absolute Gasteiger partial charge is 0.306 e. The molecule has 1 aliphatic carbocycles. The first-order chi connectivity index (χ1) is 12.6. The standard InChI is InChI=1S/C17H30N6O3.HI/c1-3-26-11-8-17(6-4-5-7-17)14-20-16(18-2)19-9-10-22-13-15(12-21-22)23(24)25;/h12-13H,3-11,14H2,1-2H3,(H2,18,19,20);1H. The lowest BCUT2D eigenvalue weighted by molar-refractivity contribution is -0.385. The summed E-state index contributed by atoms with van der Waals surface area (Å²) in [6, 6.07) is 0. The maximum Gasteiger partial charge on any atom is 0.306 e. The van der Waals surface area contributed by atoms with Gasteiger partial charge in [0.25, 0.3) is 0 Å². The minimum atomic E-state index is -0.444. The molecule has 0 bridgehead atoms. The molecule has 1 saturated carbocycles. The molecule has 1 aromatic heterocycles. The van der Waals surface area contributed by atoms with E-state index in [0.29, 0.717) is 13.1 Å². The van der Waals surface area contributed by atoms with Gasteiger partial charge in [0.15, 0.2) is 5.96 Å². The van der Waals surface area contributed by atoms with E-state index >= 15 is 0 Å². The maximum atomic E-state index is 10.7. The Kier molecular flexibility index (Phi) is 10.6. The second kappa shape index (κ2) is 12.1. The molecule has 27 heavy (non-hydrogen) atoms. The average molecular weight is 494 g/mol. The minimum Gasteiger partial charge on any atom is -0.382 e. The van der Waals surface area contributed by atoms with E-state index in [-0.39, 0.29) is 35.1 Å². The number of hydrogen-bond donors (Lipinski definition) is 2. The summed E-state index contributed by atoms with van der Waals surface area (Å²) in [6.45, 7) is 5.60. The highest BCUT2D eigenvalue weighted by atomic mass is 127. The highest BCUT2D eigenvalue weighted by molar-refractivity contribution is 14.0. The number of guanidine groups is 1. The van der Waals surface area contributed by atoms with Crippen molar-refractivity contribution >= 4 is 35.6 Å². The van der Waals surface area contributed by atoms with E-state index in [1.54, 1.807) is 11.7 Å². The molecule has 0 saturated heterocycles. The third-order valence-electron chi connectivity index (χ3n) is 4.96. The second-order valence-corrected chi connectivity index (χ2v) is 6.73. The van der Waals surface area contributed by atoms with Crippen LogP contribution in [0.1, 0.15) is 39.0 Å². The highest BCUT2D eigenvalue weighted by Gasteiger charge is 2.33. The van der Waals surface area contributed by atoms with Gasteiger partial charge in [-0.15, -0.1) is 24.0 Å². The summed E-state index contributed by atoms with van der Waals surface area (Å²) in [6.07, 6.45) is 8.76. The number of nitrogens with one attached hydrogen (secondary N) is 2. The zero-order valence-corrected chi connectivity index (χ0v) is 18.5. The van der Waals surface area contributed by atoms with Crippen LogP contribution in [0.4, 0.5) is 5.69 Å². The lowest BCUT2D eigenvalue weighted by atomic mass is 9.83. The summed E-state index contributed by atoms with van der Waals surface area (Å²) in [5.41, 5.74) is 0.292. The van der Waals surface area contributed by atoms with Crippen LogP contribution in [0.5, 0.6) is 0 Å². The van der Waals surface area contributed by atoms with Gasteiger partial charge in [-0.1, -0.05) is 12.8 Å². The van der Waals surface area contributed by atoms with E-state index in [2.05, 4.69) is 20.7 Å². The molecule has 0 amide bonds. The SMILES string of the molecule is CCOCCC1(CNC(=NC)NCCn2cc([N+](=O)[O-])cn2)CCCC1.I. The van der Waals surface area contributed by atoms with Crippen molar-refractivity contribution in [3.05, 3.63) is 22.5 Å². The van der Waals surface area contributed by atoms with E-state index < -0.39 is 4.92 Å². The summed E-state index contributed by atoms with van der Waals surface area (Å²) < 4.78 is 7.11. The van der Waals surface area contributed by atoms with Crippen LogP contribution < -0.4 is 10.6 Å². The second-order valence-electron chi connectivity index (χ2n) is 6.73. The Morgan fingerprint density at radius 3 is 2.78 bits per heavy atom. The number of aliphatic imine (C=N–C) groups is 1. The predicted molar refractivity (Wildman–Crippen MR) is 116 cm³/mol. The third-order valence-corrected chi connectivity index (χ3v) is 4.96. The van der Waals surface area contributed by atoms with Crippen LogP contribution in [0.2, 0.25) is 0 Å². The first-order valence-electron chi connectivity index (χ1n) is 9.28. The summed E-state index contributed by atoms with van der Waals surface area (Å²) in [5.74, 6) is 0.745. The summed E-state index contributed by atoms with van der Waals surface area (Å²) in [7, 11) is 1.75. The highest BCUT2D eigenvalue weighted by Crippen LogP contribution is 2.40. The first kappa shape index (κ1) is 23.6. The normalized spacial score (nSPS) is 16.0. The molecular formula is C17H31IN6O3. The zero-order chi connectivity index (χ0) is 18.8. The molecule has 0 radical (unpaired) electrons. The van der Waals surface area contributed by atoms with Crippen LogP contribution in [0.25, 0.3) is 0 Å². The Labute approximate surface area is 177 Å². The molecule has 2 rings (SSSR count). The van der Waals surface area contributed by atoms with Crippen LogP contribution in [0.15, 0.2) is 17.4 Å². The average Bonchev–Trinajstić information content (AvgIpc) is 3.28. The van der Waals surface area contributed by atoms with Gasteiger partial charge in [0.2, 0.25) is 0 Å². The van der Waals surface area contributed by atoms with Gasteiger partial charge in [0.1, 0.15) is 12.4 Å². The van der Waals surface area contributed by atoms with Crippen LogP contribution in [0.3, 0.4) is 0 Å². The van der Waals surface area contributed by atoms with Gasteiger partial charge in [0, 0.05) is 33.4 Å². The Morgan fingerprint density at radius 2 is 2.19 bits per heavy atom. The fraction of sp³-hybridized carbons (Fsp3) is 0.765. The molecule has 0 aromatic carbocycles. The van der Waals surface area contributed by atoms with Gasteiger partial charge in [-0.2, -0.15) is 5.10 Å². The van der Waals surface area contributed by atoms with E-state index in [4.69, 9.17) is 4.74 Å². The fourth-order valence-corrected chi connectivity index (χ4v) is 3.42. The van der Waals surface area contributed by atoms with E-state index in [1.807, 2.05) is 6.92 Å². The van der Waals surface area contributed by atoms with Gasteiger partial charge >= 0.3 is 5.69 Å². The lowest BCUT2D eigenvalue weighted by Gasteiger charge is -2.30. The molecule has 0 unspecified atom stereocenters. The maximum absolute atomic E-state index is 10.7. The van der Waals surface area contributed by atoms with Gasteiger partial charge in [-0.3, -0.25) is 19.8 Å². The molecule has 0 aliphatic heterocycles. The Morgan fingerprint density at radius 1 is 1.44 bits per heavy atom. The minimum absolute atomic E-state index is 0. The lowest BCUT2D eigenvalue weighted by Crippen LogP contribution is -2.44. The number of nitro groups is 1. The number of rotatable bonds is 10. The van der Waals surface area contributed by atoms with Crippen molar-refractivity contribution in [1.29, 1.82) is 0 Å². The summed E-state index contributed by atoms with van der Waals surface area (Å²) >= 11 is 0. The van der Waals surface area contributed by atoms with Crippen molar-refractivity contribution in [3.8, 4) is 0 Å². The van der Waals surface area contributed by atoms with Crippen LogP contribution in [-0.4, -0.2) is 54.0 Å². The van der Waals surface area contributed by atoms with Gasteiger partial charge in [-0.25, -0.2) is 0 Å². The Bertz CT molecular complexity index is 601. The molecule has 1 fully saturated rings. The summed E-state index contributed by atoms with van der Waals surface area (Å²) in [5, 5.41) is 21.3. The topological polar surface area (TPSA) is 107 Å². The van der Waals surface area contributed by atoms with Crippen molar-refractivity contribution in [2.75, 3.05) is 33.4 Å². The third kappa shape index (κ3) is 7.60. The van der Waals surface area contributed by atoms with Gasteiger partial charge in [0.05, 0.1) is 11.5 Å². The Hall–Kier alpha value is -1.43. The summed E-state index contributed by atoms with van der Waals surface area (Å²) in [4.78, 5) is 14.5. The van der Waals surface area contributed by atoms with E-state index in [9.17, 15) is 10.1 Å². The quantitative estimate of drug-likeness (QED) is 0.129. The molecule has 10 heteroatoms. The van der Waals surface area contributed by atoms with Crippen LogP contribution >= 0.6 is 24.0 Å². The van der Waals surface area contributed by atoms with E-state index in [0.717, 1.165) is 32.1 Å². The number of nitrogens with zero attached hydrogens (tertiary/aromatic N) is 4. The van der Waals surface area contributed by atoms with Crippen molar-refractivity contribution in [2.45, 2.75) is 45.6 Å². The van der Waals surface area contributed by atoms with E-state index in [1.165, 1.54) is 38.1 Å². The number of halogens is 1. The first-order valence-corrected chi connectivity index (χ1v) is 9.28. The molecule has 0 atom stereocenters. The van der Waals surface area contributed by atoms with Gasteiger partial charge in [-0.05, 0) is 31.6 Å². The van der Waals surface area contributed by atoms with Crippen molar-refractivity contribution in [3.63, 3.8) is 0 Å². The van der Waals surface area contributed by atoms with Crippen molar-refractivity contribution in [2.24, 2.45) is 10.4 Å². The number of ether oxygens (including phenoxy) is 1. The molecule has 2 N–H and O–H groups in total. The Balaban J connectivity index is 0.00000364. The molecule has 154 valence electrons. The molecular weight excluding hydrogens is 463 g/mol. The van der Waals surface area contributed by atoms with Crippen LogP contribution in [-0.2, 0) is 11.3 Å². The van der Waals surface area contributed by atoms with Crippen molar-refractivity contribution in [1.82, 2.24) is 20.4 Å². The number of aromatic nitrogens is 2. The monoisotopic (exact) mass is 494 g/mol. The molecule has 1 heterocycles. The van der Waals surface area contributed by atoms with Crippen molar-refractivity contribution < 1.29 is 9.66 Å². The van der Waals surface area contributed by atoms with Crippen LogP contribution in [0, 0.1) is 15.5 Å². The van der Waals surface area contributed by atoms with Gasteiger partial charge < -0.3 is 15.4 Å². The zero-order valence-electron chi connectivity index (χ0n) is 16.1.